The van der Waals surface area contributed by atoms with E-state index in [-0.39, 0.29) is 0 Å². The van der Waals surface area contributed by atoms with Crippen molar-refractivity contribution in [3.8, 4) is 0 Å². The fourth-order valence-corrected chi connectivity index (χ4v) is 2.93. The summed E-state index contributed by atoms with van der Waals surface area (Å²) in [6, 6.07) is 2.13. The highest BCUT2D eigenvalue weighted by Crippen LogP contribution is 2.23. The standard InChI is InChI=1S/C14H21BrN4/c1-3-12-14(15)13(19(4-2)17-12)10-18-8-6-11(9-18)5-7-16/h6,8-9H,3-5,7,10,16H2,1-2H3. The Kier molecular flexibility index (Phi) is 4.82. The van der Waals surface area contributed by atoms with Gasteiger partial charge in [0.25, 0.3) is 0 Å². The van der Waals surface area contributed by atoms with Gasteiger partial charge in [0.15, 0.2) is 0 Å². The average Bonchev–Trinajstić information content (AvgIpc) is 2.97. The molecule has 0 amide bonds. The summed E-state index contributed by atoms with van der Waals surface area (Å²) in [5.41, 5.74) is 9.23. The van der Waals surface area contributed by atoms with Crippen molar-refractivity contribution in [3.05, 3.63) is 39.9 Å². The number of hydrogen-bond acceptors (Lipinski definition) is 2. The van der Waals surface area contributed by atoms with Crippen LogP contribution in [-0.4, -0.2) is 20.9 Å². The van der Waals surface area contributed by atoms with E-state index >= 15 is 0 Å². The molecule has 0 unspecified atom stereocenters. The zero-order chi connectivity index (χ0) is 13.8. The molecule has 104 valence electrons. The van der Waals surface area contributed by atoms with Gasteiger partial charge in [0, 0.05) is 18.9 Å². The smallest absolute Gasteiger partial charge is 0.0767 e. The Labute approximate surface area is 122 Å². The lowest BCUT2D eigenvalue weighted by Crippen LogP contribution is -2.07. The lowest BCUT2D eigenvalue weighted by molar-refractivity contribution is 0.594. The highest BCUT2D eigenvalue weighted by Gasteiger charge is 2.14. The molecule has 2 rings (SSSR count). The van der Waals surface area contributed by atoms with Crippen LogP contribution in [0.1, 0.15) is 30.8 Å². The van der Waals surface area contributed by atoms with E-state index in [2.05, 4.69) is 62.6 Å². The van der Waals surface area contributed by atoms with Gasteiger partial charge in [0.2, 0.25) is 0 Å². The van der Waals surface area contributed by atoms with Gasteiger partial charge in [-0.2, -0.15) is 5.10 Å². The van der Waals surface area contributed by atoms with E-state index in [0.29, 0.717) is 6.54 Å². The summed E-state index contributed by atoms with van der Waals surface area (Å²) in [6.45, 7) is 6.68. The molecule has 2 aromatic heterocycles. The zero-order valence-corrected chi connectivity index (χ0v) is 13.2. The predicted molar refractivity (Wildman–Crippen MR) is 81.3 cm³/mol. The van der Waals surface area contributed by atoms with Gasteiger partial charge in [0.05, 0.1) is 22.4 Å². The second kappa shape index (κ2) is 6.39. The average molecular weight is 325 g/mol. The molecule has 0 radical (unpaired) electrons. The van der Waals surface area contributed by atoms with Gasteiger partial charge < -0.3 is 10.3 Å². The van der Waals surface area contributed by atoms with Crippen molar-refractivity contribution < 1.29 is 0 Å². The van der Waals surface area contributed by atoms with Gasteiger partial charge in [-0.05, 0) is 53.9 Å². The Morgan fingerprint density at radius 1 is 1.37 bits per heavy atom. The Morgan fingerprint density at radius 3 is 2.79 bits per heavy atom. The number of rotatable bonds is 6. The lowest BCUT2D eigenvalue weighted by atomic mass is 10.2. The van der Waals surface area contributed by atoms with E-state index in [1.807, 2.05) is 0 Å². The molecular weight excluding hydrogens is 304 g/mol. The molecule has 2 aromatic rings. The van der Waals surface area contributed by atoms with Crippen LogP contribution >= 0.6 is 15.9 Å². The highest BCUT2D eigenvalue weighted by molar-refractivity contribution is 9.10. The van der Waals surface area contributed by atoms with Crippen molar-refractivity contribution >= 4 is 15.9 Å². The summed E-state index contributed by atoms with van der Waals surface area (Å²) >= 11 is 3.68. The minimum atomic E-state index is 0.695. The van der Waals surface area contributed by atoms with Crippen LogP contribution in [0.15, 0.2) is 22.9 Å². The molecule has 19 heavy (non-hydrogen) atoms. The summed E-state index contributed by atoms with van der Waals surface area (Å²) in [5.74, 6) is 0. The van der Waals surface area contributed by atoms with E-state index in [0.717, 1.165) is 36.1 Å². The number of nitrogens with zero attached hydrogens (tertiary/aromatic N) is 3. The van der Waals surface area contributed by atoms with Crippen molar-refractivity contribution in [2.45, 2.75) is 39.8 Å². The molecule has 0 atom stereocenters. The number of nitrogens with two attached hydrogens (primary N) is 1. The number of halogens is 1. The van der Waals surface area contributed by atoms with Crippen molar-refractivity contribution in [2.24, 2.45) is 5.73 Å². The highest BCUT2D eigenvalue weighted by atomic mass is 79.9. The van der Waals surface area contributed by atoms with Crippen molar-refractivity contribution in [2.75, 3.05) is 6.54 Å². The molecule has 0 saturated heterocycles. The van der Waals surface area contributed by atoms with Gasteiger partial charge in [-0.1, -0.05) is 6.92 Å². The van der Waals surface area contributed by atoms with Crippen LogP contribution in [0.25, 0.3) is 0 Å². The molecule has 2 heterocycles. The molecule has 0 saturated carbocycles. The maximum Gasteiger partial charge on any atom is 0.0767 e. The topological polar surface area (TPSA) is 48.8 Å². The van der Waals surface area contributed by atoms with Crippen molar-refractivity contribution in [1.82, 2.24) is 14.3 Å². The van der Waals surface area contributed by atoms with Crippen LogP contribution in [0.3, 0.4) is 0 Å². The molecule has 0 aliphatic rings. The fraction of sp³-hybridized carbons (Fsp3) is 0.500. The van der Waals surface area contributed by atoms with Crippen molar-refractivity contribution in [3.63, 3.8) is 0 Å². The molecule has 4 nitrogen and oxygen atoms in total. The normalized spacial score (nSPS) is 11.2. The largest absolute Gasteiger partial charge is 0.348 e. The number of hydrogen-bond donors (Lipinski definition) is 1. The monoisotopic (exact) mass is 324 g/mol. The third kappa shape index (κ3) is 3.09. The summed E-state index contributed by atoms with van der Waals surface area (Å²) in [6.07, 6.45) is 6.15. The maximum atomic E-state index is 5.58. The van der Waals surface area contributed by atoms with E-state index in [1.54, 1.807) is 0 Å². The molecular formula is C14H21BrN4. The molecule has 0 aromatic carbocycles. The zero-order valence-electron chi connectivity index (χ0n) is 11.6. The van der Waals surface area contributed by atoms with Gasteiger partial charge in [-0.25, -0.2) is 0 Å². The Morgan fingerprint density at radius 2 is 2.16 bits per heavy atom. The second-order valence-corrected chi connectivity index (χ2v) is 5.40. The molecule has 2 N–H and O–H groups in total. The first-order chi connectivity index (χ1) is 9.19. The van der Waals surface area contributed by atoms with Crippen LogP contribution in [0, 0.1) is 0 Å². The molecule has 0 spiro atoms. The first kappa shape index (κ1) is 14.3. The first-order valence-corrected chi connectivity index (χ1v) is 7.57. The van der Waals surface area contributed by atoms with Crippen molar-refractivity contribution in [1.29, 1.82) is 0 Å². The Balaban J connectivity index is 2.23. The second-order valence-electron chi connectivity index (χ2n) is 4.61. The lowest BCUT2D eigenvalue weighted by Gasteiger charge is -2.06. The quantitative estimate of drug-likeness (QED) is 0.887. The molecule has 5 heteroatoms. The third-order valence-corrected chi connectivity index (χ3v) is 4.19. The molecule has 0 aliphatic carbocycles. The van der Waals surface area contributed by atoms with Crippen LogP contribution in [-0.2, 0) is 25.9 Å². The number of aryl methyl sites for hydroxylation is 2. The molecule has 0 bridgehead atoms. The van der Waals surface area contributed by atoms with Crippen LogP contribution in [0.2, 0.25) is 0 Å². The number of aromatic nitrogens is 3. The van der Waals surface area contributed by atoms with E-state index in [9.17, 15) is 0 Å². The molecule has 0 fully saturated rings. The summed E-state index contributed by atoms with van der Waals surface area (Å²) in [4.78, 5) is 0. The SMILES string of the molecule is CCc1nn(CC)c(Cn2ccc(CCN)c2)c1Br. The minimum Gasteiger partial charge on any atom is -0.348 e. The predicted octanol–water partition coefficient (Wildman–Crippen LogP) is 2.58. The van der Waals surface area contributed by atoms with Crippen LogP contribution < -0.4 is 5.73 Å². The van der Waals surface area contributed by atoms with Crippen LogP contribution in [0.5, 0.6) is 0 Å². The van der Waals surface area contributed by atoms with Gasteiger partial charge in [-0.15, -0.1) is 0 Å². The van der Waals surface area contributed by atoms with E-state index in [4.69, 9.17) is 5.73 Å². The minimum absolute atomic E-state index is 0.695. The van der Waals surface area contributed by atoms with E-state index < -0.39 is 0 Å². The summed E-state index contributed by atoms with van der Waals surface area (Å²) in [5, 5.41) is 4.62. The van der Waals surface area contributed by atoms with E-state index in [1.165, 1.54) is 11.3 Å². The Hall–Kier alpha value is -1.07. The Bertz CT molecular complexity index is 542. The third-order valence-electron chi connectivity index (χ3n) is 3.27. The van der Waals surface area contributed by atoms with Crippen LogP contribution in [0.4, 0.5) is 0 Å². The van der Waals surface area contributed by atoms with Gasteiger partial charge in [-0.3, -0.25) is 4.68 Å². The molecule has 0 aliphatic heterocycles. The van der Waals surface area contributed by atoms with Gasteiger partial charge in [0.1, 0.15) is 0 Å². The summed E-state index contributed by atoms with van der Waals surface area (Å²) < 4.78 is 5.41. The maximum absolute atomic E-state index is 5.58. The first-order valence-electron chi connectivity index (χ1n) is 6.78. The fourth-order valence-electron chi connectivity index (χ4n) is 2.24. The summed E-state index contributed by atoms with van der Waals surface area (Å²) in [7, 11) is 0. The van der Waals surface area contributed by atoms with Gasteiger partial charge >= 0.3 is 0 Å².